The third-order valence-corrected chi connectivity index (χ3v) is 5.82. The van der Waals surface area contributed by atoms with Crippen molar-refractivity contribution < 1.29 is 4.74 Å². The molecule has 3 heterocycles. The number of benzene rings is 1. The largest absolute Gasteiger partial charge is 0.494 e. The number of nitrogens with zero attached hydrogens (tertiary/aromatic N) is 4. The fourth-order valence-electron chi connectivity index (χ4n) is 4.27. The van der Waals surface area contributed by atoms with Crippen LogP contribution in [0.25, 0.3) is 6.20 Å². The number of ether oxygens (including phenoxy) is 1. The molecule has 0 saturated carbocycles. The molecule has 1 unspecified atom stereocenters. The number of anilines is 1. The van der Waals surface area contributed by atoms with Gasteiger partial charge in [-0.05, 0) is 74.5 Å². The van der Waals surface area contributed by atoms with Crippen LogP contribution in [-0.4, -0.2) is 42.3 Å². The number of fused-ring (bicyclic) bond motifs is 1. The van der Waals surface area contributed by atoms with Gasteiger partial charge >= 0.3 is 0 Å². The second kappa shape index (κ2) is 9.40. The van der Waals surface area contributed by atoms with Gasteiger partial charge in [-0.3, -0.25) is 0 Å². The molecule has 1 aromatic carbocycles. The average Bonchev–Trinajstić information content (AvgIpc) is 2.76. The van der Waals surface area contributed by atoms with Crippen molar-refractivity contribution in [1.82, 2.24) is 9.88 Å². The van der Waals surface area contributed by atoms with Gasteiger partial charge in [0.05, 0.1) is 6.61 Å². The maximum Gasteiger partial charge on any atom is 0.158 e. The van der Waals surface area contributed by atoms with E-state index in [1.165, 1.54) is 25.9 Å². The lowest BCUT2D eigenvalue weighted by atomic mass is 10.0. The first kappa shape index (κ1) is 19.9. The SMILES string of the molecule is CCC1N=c2ncccc2=CN1c1ccc(OCCCN2CCC[C@H](C)C2)cc1. The standard InChI is InChI=1S/C24H32N4O/c1-3-23-26-24-20(8-4-13-25-24)18-28(23)21-9-11-22(12-10-21)29-16-6-15-27-14-5-7-19(2)17-27/h4,8-13,18-19,23H,3,5-7,14-17H2,1-2H3/t19-,23?/m0/s1. The molecule has 0 radical (unpaired) electrons. The van der Waals surface area contributed by atoms with Crippen LogP contribution >= 0.6 is 0 Å². The predicted molar refractivity (Wildman–Crippen MR) is 117 cm³/mol. The summed E-state index contributed by atoms with van der Waals surface area (Å²) in [6.45, 7) is 8.90. The summed E-state index contributed by atoms with van der Waals surface area (Å²) in [6, 6.07) is 12.4. The first-order valence-electron chi connectivity index (χ1n) is 11.0. The monoisotopic (exact) mass is 392 g/mol. The molecule has 0 amide bonds. The van der Waals surface area contributed by atoms with Crippen molar-refractivity contribution in [3.05, 3.63) is 53.3 Å². The number of piperidine rings is 1. The van der Waals surface area contributed by atoms with Crippen molar-refractivity contribution in [2.45, 2.75) is 45.7 Å². The van der Waals surface area contributed by atoms with Crippen molar-refractivity contribution in [2.24, 2.45) is 10.9 Å². The molecule has 2 aliphatic rings. The van der Waals surface area contributed by atoms with Gasteiger partial charge in [0.15, 0.2) is 5.49 Å². The van der Waals surface area contributed by atoms with Gasteiger partial charge in [0.1, 0.15) is 11.9 Å². The highest BCUT2D eigenvalue weighted by atomic mass is 16.5. The zero-order valence-electron chi connectivity index (χ0n) is 17.6. The Morgan fingerprint density at radius 1 is 1.17 bits per heavy atom. The fourth-order valence-corrected chi connectivity index (χ4v) is 4.27. The third kappa shape index (κ3) is 4.96. The molecular weight excluding hydrogens is 360 g/mol. The minimum Gasteiger partial charge on any atom is -0.494 e. The summed E-state index contributed by atoms with van der Waals surface area (Å²) in [4.78, 5) is 14.0. The molecule has 0 N–H and O–H groups in total. The summed E-state index contributed by atoms with van der Waals surface area (Å²) in [5, 5.41) is 1.06. The van der Waals surface area contributed by atoms with Gasteiger partial charge in [-0.2, -0.15) is 0 Å². The lowest BCUT2D eigenvalue weighted by molar-refractivity contribution is 0.170. The van der Waals surface area contributed by atoms with Crippen LogP contribution < -0.4 is 20.3 Å². The Morgan fingerprint density at radius 2 is 2.03 bits per heavy atom. The Balaban J connectivity index is 1.33. The van der Waals surface area contributed by atoms with E-state index in [0.717, 1.165) is 54.1 Å². The minimum absolute atomic E-state index is 0.0797. The summed E-state index contributed by atoms with van der Waals surface area (Å²) in [7, 11) is 0. The highest BCUT2D eigenvalue weighted by molar-refractivity contribution is 5.61. The van der Waals surface area contributed by atoms with Crippen LogP contribution in [-0.2, 0) is 0 Å². The lowest BCUT2D eigenvalue weighted by Crippen LogP contribution is -2.43. The molecule has 1 saturated heterocycles. The molecule has 2 atom stereocenters. The van der Waals surface area contributed by atoms with Gasteiger partial charge in [0.25, 0.3) is 0 Å². The third-order valence-electron chi connectivity index (χ3n) is 5.82. The number of likely N-dealkylation sites (tertiary alicyclic amines) is 1. The van der Waals surface area contributed by atoms with E-state index < -0.39 is 0 Å². The molecule has 154 valence electrons. The van der Waals surface area contributed by atoms with Gasteiger partial charge in [0, 0.05) is 36.4 Å². The quantitative estimate of drug-likeness (QED) is 0.679. The van der Waals surface area contributed by atoms with Crippen LogP contribution in [0, 0.1) is 5.92 Å². The molecule has 5 heteroatoms. The molecule has 4 rings (SSSR count). The Labute approximate surface area is 173 Å². The summed E-state index contributed by atoms with van der Waals surface area (Å²) < 4.78 is 5.99. The molecule has 2 aromatic rings. The number of pyridine rings is 1. The van der Waals surface area contributed by atoms with Crippen molar-refractivity contribution in [3.8, 4) is 5.75 Å². The zero-order chi connectivity index (χ0) is 20.1. The molecule has 2 aliphatic heterocycles. The Hall–Kier alpha value is -2.40. The highest BCUT2D eigenvalue weighted by Crippen LogP contribution is 2.24. The van der Waals surface area contributed by atoms with E-state index in [1.807, 2.05) is 6.07 Å². The number of aromatic nitrogens is 1. The van der Waals surface area contributed by atoms with Crippen molar-refractivity contribution in [2.75, 3.05) is 31.1 Å². The summed E-state index contributed by atoms with van der Waals surface area (Å²) >= 11 is 0. The second-order valence-corrected chi connectivity index (χ2v) is 8.21. The van der Waals surface area contributed by atoms with E-state index >= 15 is 0 Å². The first-order chi connectivity index (χ1) is 14.2. The van der Waals surface area contributed by atoms with Crippen LogP contribution in [0.3, 0.4) is 0 Å². The normalized spacial score (nSPS) is 21.8. The van der Waals surface area contributed by atoms with Crippen molar-refractivity contribution in [1.29, 1.82) is 0 Å². The second-order valence-electron chi connectivity index (χ2n) is 8.21. The maximum atomic E-state index is 5.99. The van der Waals surface area contributed by atoms with Crippen LogP contribution in [0.5, 0.6) is 5.75 Å². The molecule has 0 spiro atoms. The molecule has 0 aliphatic carbocycles. The topological polar surface area (TPSA) is 41.0 Å². The Bertz CT molecular complexity index is 911. The predicted octanol–water partition coefficient (Wildman–Crippen LogP) is 3.20. The first-order valence-corrected chi connectivity index (χ1v) is 11.0. The molecule has 1 aromatic heterocycles. The van der Waals surface area contributed by atoms with E-state index in [2.05, 4.69) is 65.2 Å². The van der Waals surface area contributed by atoms with Gasteiger partial charge in [-0.25, -0.2) is 9.98 Å². The number of hydrogen-bond donors (Lipinski definition) is 0. The Kier molecular flexibility index (Phi) is 6.45. The maximum absolute atomic E-state index is 5.99. The van der Waals surface area contributed by atoms with Gasteiger partial charge in [-0.15, -0.1) is 0 Å². The molecular formula is C24H32N4O. The fraction of sp³-hybridized carbons (Fsp3) is 0.500. The molecule has 5 nitrogen and oxygen atoms in total. The smallest absolute Gasteiger partial charge is 0.158 e. The van der Waals surface area contributed by atoms with Gasteiger partial charge < -0.3 is 14.5 Å². The van der Waals surface area contributed by atoms with E-state index in [4.69, 9.17) is 9.73 Å². The van der Waals surface area contributed by atoms with Crippen LogP contribution in [0.2, 0.25) is 0 Å². The van der Waals surface area contributed by atoms with Gasteiger partial charge in [-0.1, -0.05) is 13.8 Å². The molecule has 1 fully saturated rings. The van der Waals surface area contributed by atoms with Gasteiger partial charge in [0.2, 0.25) is 0 Å². The average molecular weight is 393 g/mol. The minimum atomic E-state index is 0.0797. The van der Waals surface area contributed by atoms with Crippen molar-refractivity contribution in [3.63, 3.8) is 0 Å². The van der Waals surface area contributed by atoms with E-state index in [0.29, 0.717) is 0 Å². The zero-order valence-corrected chi connectivity index (χ0v) is 17.6. The number of hydrogen-bond acceptors (Lipinski definition) is 5. The van der Waals surface area contributed by atoms with E-state index in [9.17, 15) is 0 Å². The van der Waals surface area contributed by atoms with Crippen LogP contribution in [0.4, 0.5) is 5.69 Å². The molecule has 29 heavy (non-hydrogen) atoms. The highest BCUT2D eigenvalue weighted by Gasteiger charge is 2.18. The van der Waals surface area contributed by atoms with Crippen molar-refractivity contribution >= 4 is 11.9 Å². The van der Waals surface area contributed by atoms with E-state index in [1.54, 1.807) is 6.20 Å². The summed E-state index contributed by atoms with van der Waals surface area (Å²) in [5.41, 5.74) is 1.96. The lowest BCUT2D eigenvalue weighted by Gasteiger charge is -2.30. The van der Waals surface area contributed by atoms with E-state index in [-0.39, 0.29) is 6.17 Å². The Morgan fingerprint density at radius 3 is 2.83 bits per heavy atom. The molecule has 0 bridgehead atoms. The number of rotatable bonds is 7. The van der Waals surface area contributed by atoms with Crippen LogP contribution in [0.15, 0.2) is 47.6 Å². The summed E-state index contributed by atoms with van der Waals surface area (Å²) in [5.74, 6) is 1.77. The summed E-state index contributed by atoms with van der Waals surface area (Å²) in [6.07, 6.45) is 8.76. The van der Waals surface area contributed by atoms with Crippen LogP contribution in [0.1, 0.15) is 39.5 Å².